The number of fused-ring (bicyclic) bond motifs is 3. The van der Waals surface area contributed by atoms with E-state index in [0.717, 1.165) is 24.0 Å². The van der Waals surface area contributed by atoms with Gasteiger partial charge in [0.05, 0.1) is 11.1 Å². The Morgan fingerprint density at radius 3 is 2.46 bits per heavy atom. The maximum Gasteiger partial charge on any atom is 0.254 e. The molecule has 3 aromatic carbocycles. The first-order valence-electron chi connectivity index (χ1n) is 12.1. The van der Waals surface area contributed by atoms with Crippen LogP contribution in [0.1, 0.15) is 33.2 Å². The largest absolute Gasteiger partial charge is 0.366 e. The highest BCUT2D eigenvalue weighted by Crippen LogP contribution is 2.38. The van der Waals surface area contributed by atoms with E-state index >= 15 is 4.39 Å². The lowest BCUT2D eigenvalue weighted by Crippen LogP contribution is -2.47. The first-order chi connectivity index (χ1) is 17.7. The molecule has 0 atom stereocenters. The van der Waals surface area contributed by atoms with Crippen LogP contribution in [-0.4, -0.2) is 65.7 Å². The molecule has 4 aromatic rings. The molecule has 8 nitrogen and oxygen atoms in total. The highest BCUT2D eigenvalue weighted by atomic mass is 19.1. The third kappa shape index (κ3) is 4.65. The zero-order valence-electron chi connectivity index (χ0n) is 20.7. The number of hydrogen-bond donors (Lipinski definition) is 3. The fourth-order valence-electron chi connectivity index (χ4n) is 4.88. The van der Waals surface area contributed by atoms with E-state index in [1.807, 2.05) is 18.0 Å². The van der Waals surface area contributed by atoms with Crippen molar-refractivity contribution in [2.24, 2.45) is 5.73 Å². The molecule has 1 saturated heterocycles. The average molecular weight is 502 g/mol. The van der Waals surface area contributed by atoms with E-state index < -0.39 is 11.7 Å². The Labute approximate surface area is 213 Å². The molecule has 9 heteroatoms. The fourth-order valence-corrected chi connectivity index (χ4v) is 4.88. The first kappa shape index (κ1) is 24.5. The highest BCUT2D eigenvalue weighted by Gasteiger charge is 2.23. The van der Waals surface area contributed by atoms with Gasteiger partial charge in [-0.3, -0.25) is 14.4 Å². The molecular weight excluding hydrogens is 473 g/mol. The summed E-state index contributed by atoms with van der Waals surface area (Å²) in [6.45, 7) is 4.63. The monoisotopic (exact) mass is 501 g/mol. The van der Waals surface area contributed by atoms with Crippen molar-refractivity contribution in [1.29, 1.82) is 0 Å². The van der Waals surface area contributed by atoms with E-state index in [2.05, 4.69) is 15.2 Å². The maximum atomic E-state index is 15.1. The number of piperazine rings is 1. The fraction of sp³-hybridized carbons (Fsp3) is 0.250. The quantitative estimate of drug-likeness (QED) is 0.390. The molecule has 0 radical (unpaired) electrons. The van der Waals surface area contributed by atoms with E-state index in [9.17, 15) is 14.4 Å². The number of halogens is 1. The van der Waals surface area contributed by atoms with Crippen molar-refractivity contribution in [1.82, 2.24) is 20.1 Å². The standard InChI is InChI=1S/C28H28FN5O3/c1-16(35)31-15-17-3-8-23(29)22(13-17)19-6-7-21(27(30)36)26-25(19)20-5-4-18(14-24(20)32-26)28(37)34-11-9-33(2)10-12-34/h3-8,13-14,32H,9-12,15H2,1-2H3,(H2,30,36)(H,31,35). The smallest absolute Gasteiger partial charge is 0.254 e. The Morgan fingerprint density at radius 1 is 1.00 bits per heavy atom. The van der Waals surface area contributed by atoms with Crippen LogP contribution < -0.4 is 11.1 Å². The van der Waals surface area contributed by atoms with Crippen molar-refractivity contribution in [3.63, 3.8) is 0 Å². The van der Waals surface area contributed by atoms with E-state index in [-0.39, 0.29) is 23.9 Å². The topological polar surface area (TPSA) is 112 Å². The van der Waals surface area contributed by atoms with Crippen molar-refractivity contribution in [3.8, 4) is 11.1 Å². The number of carbonyl (C=O) groups is 3. The van der Waals surface area contributed by atoms with Crippen LogP contribution in [-0.2, 0) is 11.3 Å². The molecule has 4 N–H and O–H groups in total. The Hall–Kier alpha value is -4.24. The Morgan fingerprint density at radius 2 is 1.76 bits per heavy atom. The van der Waals surface area contributed by atoms with Gasteiger partial charge in [0.25, 0.3) is 11.8 Å². The van der Waals surface area contributed by atoms with E-state index in [1.54, 1.807) is 36.4 Å². The number of nitrogens with one attached hydrogen (secondary N) is 2. The number of amides is 3. The number of primary amides is 1. The maximum absolute atomic E-state index is 15.1. The molecule has 1 fully saturated rings. The molecule has 1 aromatic heterocycles. The first-order valence-corrected chi connectivity index (χ1v) is 12.1. The number of benzene rings is 3. The molecule has 0 bridgehead atoms. The van der Waals surface area contributed by atoms with Gasteiger partial charge in [0.2, 0.25) is 5.91 Å². The SMILES string of the molecule is CC(=O)NCc1ccc(F)c(-c2ccc(C(N)=O)c3[nH]c4cc(C(=O)N5CCN(C)CC5)ccc4c23)c1. The minimum Gasteiger partial charge on any atom is -0.366 e. The van der Waals surface area contributed by atoms with Gasteiger partial charge in [-0.05, 0) is 48.5 Å². The number of H-pyrrole nitrogens is 1. The lowest BCUT2D eigenvalue weighted by Gasteiger charge is -2.32. The molecular formula is C28H28FN5O3. The lowest BCUT2D eigenvalue weighted by atomic mass is 9.95. The minimum atomic E-state index is -0.614. The van der Waals surface area contributed by atoms with Crippen LogP contribution in [0.5, 0.6) is 0 Å². The van der Waals surface area contributed by atoms with Gasteiger partial charge >= 0.3 is 0 Å². The van der Waals surface area contributed by atoms with Crippen LogP contribution >= 0.6 is 0 Å². The van der Waals surface area contributed by atoms with Gasteiger partial charge in [0, 0.05) is 67.1 Å². The van der Waals surface area contributed by atoms with Crippen molar-refractivity contribution < 1.29 is 18.8 Å². The van der Waals surface area contributed by atoms with E-state index in [4.69, 9.17) is 5.73 Å². The third-order valence-electron chi connectivity index (χ3n) is 6.92. The summed E-state index contributed by atoms with van der Waals surface area (Å²) in [7, 11) is 2.03. The number of carbonyl (C=O) groups excluding carboxylic acids is 3. The van der Waals surface area contributed by atoms with Gasteiger partial charge in [-0.1, -0.05) is 18.2 Å². The van der Waals surface area contributed by atoms with Gasteiger partial charge in [0.15, 0.2) is 0 Å². The number of nitrogens with two attached hydrogens (primary N) is 1. The van der Waals surface area contributed by atoms with Gasteiger partial charge in [0.1, 0.15) is 5.82 Å². The van der Waals surface area contributed by atoms with Crippen LogP contribution in [0.25, 0.3) is 32.9 Å². The van der Waals surface area contributed by atoms with Crippen molar-refractivity contribution in [2.75, 3.05) is 33.2 Å². The van der Waals surface area contributed by atoms with E-state index in [0.29, 0.717) is 46.2 Å². The molecule has 0 unspecified atom stereocenters. The zero-order chi connectivity index (χ0) is 26.3. The lowest BCUT2D eigenvalue weighted by molar-refractivity contribution is -0.119. The van der Waals surface area contributed by atoms with Crippen molar-refractivity contribution >= 4 is 39.5 Å². The summed E-state index contributed by atoms with van der Waals surface area (Å²) in [4.78, 5) is 44.0. The molecule has 1 aliphatic heterocycles. The van der Waals surface area contributed by atoms with E-state index in [1.165, 1.54) is 13.0 Å². The van der Waals surface area contributed by atoms with Crippen LogP contribution in [0.4, 0.5) is 4.39 Å². The summed E-state index contributed by atoms with van der Waals surface area (Å²) >= 11 is 0. The van der Waals surface area contributed by atoms with Gasteiger partial charge in [-0.25, -0.2) is 4.39 Å². The summed E-state index contributed by atoms with van der Waals surface area (Å²) in [5, 5.41) is 4.11. The molecule has 0 aliphatic carbocycles. The summed E-state index contributed by atoms with van der Waals surface area (Å²) < 4.78 is 15.1. The average Bonchev–Trinajstić information content (AvgIpc) is 3.26. The molecule has 37 heavy (non-hydrogen) atoms. The molecule has 2 heterocycles. The number of rotatable bonds is 5. The Balaban J connectivity index is 1.64. The predicted molar refractivity (Wildman–Crippen MR) is 141 cm³/mol. The van der Waals surface area contributed by atoms with Crippen LogP contribution in [0.3, 0.4) is 0 Å². The molecule has 0 saturated carbocycles. The van der Waals surface area contributed by atoms with Crippen LogP contribution in [0.15, 0.2) is 48.5 Å². The number of aromatic nitrogens is 1. The predicted octanol–water partition coefficient (Wildman–Crippen LogP) is 3.25. The van der Waals surface area contributed by atoms with Crippen molar-refractivity contribution in [3.05, 3.63) is 71.0 Å². The number of aromatic amines is 1. The van der Waals surface area contributed by atoms with Crippen LogP contribution in [0.2, 0.25) is 0 Å². The third-order valence-corrected chi connectivity index (χ3v) is 6.92. The number of likely N-dealkylation sites (N-methyl/N-ethyl adjacent to an activating group) is 1. The molecule has 0 spiro atoms. The summed E-state index contributed by atoms with van der Waals surface area (Å²) in [6, 6.07) is 13.3. The summed E-state index contributed by atoms with van der Waals surface area (Å²) in [6.07, 6.45) is 0. The zero-order valence-corrected chi connectivity index (χ0v) is 20.7. The second-order valence-electron chi connectivity index (χ2n) is 9.48. The molecule has 5 rings (SSSR count). The van der Waals surface area contributed by atoms with Gasteiger partial charge in [-0.2, -0.15) is 0 Å². The normalized spacial score (nSPS) is 14.3. The Kier molecular flexibility index (Phi) is 6.39. The highest BCUT2D eigenvalue weighted by molar-refractivity contribution is 6.20. The Bertz CT molecular complexity index is 1550. The van der Waals surface area contributed by atoms with Gasteiger partial charge in [-0.15, -0.1) is 0 Å². The number of nitrogens with zero attached hydrogens (tertiary/aromatic N) is 2. The molecule has 190 valence electrons. The van der Waals surface area contributed by atoms with Gasteiger partial charge < -0.3 is 25.8 Å². The van der Waals surface area contributed by atoms with Crippen LogP contribution in [0, 0.1) is 5.82 Å². The van der Waals surface area contributed by atoms with Crippen molar-refractivity contribution in [2.45, 2.75) is 13.5 Å². The summed E-state index contributed by atoms with van der Waals surface area (Å²) in [5.41, 5.74) is 9.25. The molecule has 1 aliphatic rings. The number of hydrogen-bond acceptors (Lipinski definition) is 4. The minimum absolute atomic E-state index is 0.0549. The summed E-state index contributed by atoms with van der Waals surface area (Å²) in [5.74, 6) is -1.29. The molecule has 3 amide bonds. The second-order valence-corrected chi connectivity index (χ2v) is 9.48. The second kappa shape index (κ2) is 9.67.